The summed E-state index contributed by atoms with van der Waals surface area (Å²) in [7, 11) is 0. The van der Waals surface area contributed by atoms with Crippen molar-refractivity contribution in [2.45, 2.75) is 39.8 Å². The van der Waals surface area contributed by atoms with Crippen LogP contribution in [0.25, 0.3) is 0 Å². The highest BCUT2D eigenvalue weighted by molar-refractivity contribution is 5.24. The molecule has 0 fully saturated rings. The molecule has 5 heteroatoms. The van der Waals surface area contributed by atoms with Crippen LogP contribution >= 0.6 is 0 Å². The van der Waals surface area contributed by atoms with Crippen molar-refractivity contribution in [3.05, 3.63) is 52.6 Å². The van der Waals surface area contributed by atoms with Gasteiger partial charge in [0.2, 0.25) is 0 Å². The highest BCUT2D eigenvalue weighted by Crippen LogP contribution is 2.12. The average Bonchev–Trinajstić information content (AvgIpc) is 2.75. The Morgan fingerprint density at radius 2 is 2.14 bits per heavy atom. The predicted octanol–water partition coefficient (Wildman–Crippen LogP) is 2.35. The Morgan fingerprint density at radius 3 is 2.86 bits per heavy atom. The summed E-state index contributed by atoms with van der Waals surface area (Å²) in [5.41, 5.74) is 4.33. The van der Waals surface area contributed by atoms with Crippen LogP contribution in [0.5, 0.6) is 0 Å². The summed E-state index contributed by atoms with van der Waals surface area (Å²) in [5.74, 6) is -0.173. The number of aliphatic hydroxyl groups is 1. The van der Waals surface area contributed by atoms with Gasteiger partial charge in [0.1, 0.15) is 5.82 Å². The summed E-state index contributed by atoms with van der Waals surface area (Å²) < 4.78 is 14.9. The van der Waals surface area contributed by atoms with Gasteiger partial charge in [-0.15, -0.1) is 0 Å². The van der Waals surface area contributed by atoms with Crippen LogP contribution in [0.2, 0.25) is 0 Å². The zero-order valence-electron chi connectivity index (χ0n) is 13.3. The lowest BCUT2D eigenvalue weighted by Crippen LogP contribution is -2.16. The highest BCUT2D eigenvalue weighted by atomic mass is 19.1. The van der Waals surface area contributed by atoms with Crippen molar-refractivity contribution in [2.24, 2.45) is 0 Å². The molecule has 0 atom stereocenters. The summed E-state index contributed by atoms with van der Waals surface area (Å²) in [4.78, 5) is 0. The molecular formula is C17H24FN3O. The Balaban J connectivity index is 1.77. The van der Waals surface area contributed by atoms with E-state index in [0.29, 0.717) is 6.54 Å². The quantitative estimate of drug-likeness (QED) is 0.736. The molecule has 0 bridgehead atoms. The molecule has 0 radical (unpaired) electrons. The van der Waals surface area contributed by atoms with Gasteiger partial charge in [0, 0.05) is 17.8 Å². The normalized spacial score (nSPS) is 11.1. The number of rotatable bonds is 8. The third-order valence-corrected chi connectivity index (χ3v) is 3.85. The Bertz CT molecular complexity index is 610. The molecule has 2 N–H and O–H groups in total. The van der Waals surface area contributed by atoms with Crippen molar-refractivity contribution in [3.8, 4) is 0 Å². The minimum absolute atomic E-state index is 0.0997. The molecule has 0 unspecified atom stereocenters. The van der Waals surface area contributed by atoms with Crippen molar-refractivity contribution >= 4 is 0 Å². The molecule has 1 heterocycles. The zero-order valence-corrected chi connectivity index (χ0v) is 13.3. The van der Waals surface area contributed by atoms with E-state index in [9.17, 15) is 4.39 Å². The second-order valence-electron chi connectivity index (χ2n) is 5.51. The zero-order chi connectivity index (χ0) is 15.9. The standard InChI is InChI=1S/C17H24FN3O/c1-13-17(14(2)21(20-13)9-10-22)12-19-8-4-6-15-5-3-7-16(18)11-15/h3,5,7,11,19,22H,4,6,8-10,12H2,1-2H3. The van der Waals surface area contributed by atoms with Gasteiger partial charge in [0.05, 0.1) is 18.8 Å². The van der Waals surface area contributed by atoms with Gasteiger partial charge < -0.3 is 10.4 Å². The molecule has 0 saturated heterocycles. The maximum atomic E-state index is 13.1. The summed E-state index contributed by atoms with van der Waals surface area (Å²) in [6.45, 7) is 6.30. The Morgan fingerprint density at radius 1 is 1.32 bits per heavy atom. The van der Waals surface area contributed by atoms with Gasteiger partial charge in [-0.2, -0.15) is 5.10 Å². The van der Waals surface area contributed by atoms with Gasteiger partial charge in [0.15, 0.2) is 0 Å². The Kier molecular flexibility index (Phi) is 6.10. The monoisotopic (exact) mass is 305 g/mol. The van der Waals surface area contributed by atoms with E-state index in [4.69, 9.17) is 5.11 Å². The Labute approximate surface area is 131 Å². The van der Waals surface area contributed by atoms with E-state index < -0.39 is 0 Å². The van der Waals surface area contributed by atoms with E-state index >= 15 is 0 Å². The largest absolute Gasteiger partial charge is 0.394 e. The summed E-state index contributed by atoms with van der Waals surface area (Å²) in [5, 5.41) is 16.9. The smallest absolute Gasteiger partial charge is 0.123 e. The summed E-state index contributed by atoms with van der Waals surface area (Å²) in [6, 6.07) is 6.77. The topological polar surface area (TPSA) is 50.1 Å². The van der Waals surface area contributed by atoms with Gasteiger partial charge in [0.25, 0.3) is 0 Å². The van der Waals surface area contributed by atoms with Gasteiger partial charge in [-0.25, -0.2) is 4.39 Å². The van der Waals surface area contributed by atoms with Crippen LogP contribution in [0.1, 0.15) is 28.9 Å². The van der Waals surface area contributed by atoms with E-state index in [2.05, 4.69) is 10.4 Å². The lowest BCUT2D eigenvalue weighted by atomic mass is 10.1. The van der Waals surface area contributed by atoms with Crippen molar-refractivity contribution < 1.29 is 9.50 Å². The molecule has 1 aromatic carbocycles. The number of benzene rings is 1. The van der Waals surface area contributed by atoms with E-state index in [0.717, 1.165) is 42.9 Å². The van der Waals surface area contributed by atoms with Crippen LogP contribution in [-0.4, -0.2) is 28.0 Å². The first kappa shape index (κ1) is 16.6. The number of aryl methyl sites for hydroxylation is 2. The SMILES string of the molecule is Cc1nn(CCO)c(C)c1CNCCCc1cccc(F)c1. The van der Waals surface area contributed by atoms with Crippen LogP contribution in [-0.2, 0) is 19.5 Å². The summed E-state index contributed by atoms with van der Waals surface area (Å²) >= 11 is 0. The van der Waals surface area contributed by atoms with Crippen molar-refractivity contribution in [2.75, 3.05) is 13.2 Å². The van der Waals surface area contributed by atoms with Crippen LogP contribution < -0.4 is 5.32 Å². The predicted molar refractivity (Wildman–Crippen MR) is 85.2 cm³/mol. The third-order valence-electron chi connectivity index (χ3n) is 3.85. The number of nitrogens with one attached hydrogen (secondary N) is 1. The minimum Gasteiger partial charge on any atom is -0.394 e. The molecule has 2 rings (SSSR count). The first-order valence-corrected chi connectivity index (χ1v) is 7.70. The van der Waals surface area contributed by atoms with Gasteiger partial charge in [-0.1, -0.05) is 12.1 Å². The van der Waals surface area contributed by atoms with E-state index in [1.165, 1.54) is 11.6 Å². The average molecular weight is 305 g/mol. The molecule has 1 aromatic heterocycles. The van der Waals surface area contributed by atoms with E-state index in [1.54, 1.807) is 12.1 Å². The first-order chi connectivity index (χ1) is 10.6. The molecule has 0 spiro atoms. The van der Waals surface area contributed by atoms with Crippen molar-refractivity contribution in [1.82, 2.24) is 15.1 Å². The molecule has 0 amide bonds. The molecule has 0 saturated carbocycles. The first-order valence-electron chi connectivity index (χ1n) is 7.70. The number of aliphatic hydroxyl groups excluding tert-OH is 1. The van der Waals surface area contributed by atoms with Crippen LogP contribution in [0.4, 0.5) is 4.39 Å². The molecule has 22 heavy (non-hydrogen) atoms. The van der Waals surface area contributed by atoms with Gasteiger partial charge >= 0.3 is 0 Å². The fourth-order valence-electron chi connectivity index (χ4n) is 2.63. The lowest BCUT2D eigenvalue weighted by molar-refractivity contribution is 0.267. The molecule has 0 aliphatic heterocycles. The van der Waals surface area contributed by atoms with Crippen LogP contribution in [0.15, 0.2) is 24.3 Å². The second-order valence-corrected chi connectivity index (χ2v) is 5.51. The van der Waals surface area contributed by atoms with Crippen LogP contribution in [0.3, 0.4) is 0 Å². The maximum absolute atomic E-state index is 13.1. The van der Waals surface area contributed by atoms with Crippen LogP contribution in [0, 0.1) is 19.7 Å². The molecule has 0 aliphatic rings. The highest BCUT2D eigenvalue weighted by Gasteiger charge is 2.10. The molecule has 4 nitrogen and oxygen atoms in total. The van der Waals surface area contributed by atoms with Gasteiger partial charge in [-0.05, 0) is 50.9 Å². The minimum atomic E-state index is -0.173. The molecule has 120 valence electrons. The number of halogens is 1. The Hall–Kier alpha value is -1.72. The molecular weight excluding hydrogens is 281 g/mol. The summed E-state index contributed by atoms with van der Waals surface area (Å²) in [6.07, 6.45) is 1.83. The van der Waals surface area contributed by atoms with Crippen molar-refractivity contribution in [1.29, 1.82) is 0 Å². The second kappa shape index (κ2) is 8.06. The van der Waals surface area contributed by atoms with E-state index in [1.807, 2.05) is 24.6 Å². The maximum Gasteiger partial charge on any atom is 0.123 e. The number of hydrogen-bond donors (Lipinski definition) is 2. The van der Waals surface area contributed by atoms with Crippen molar-refractivity contribution in [3.63, 3.8) is 0 Å². The fraction of sp³-hybridized carbons (Fsp3) is 0.471. The lowest BCUT2D eigenvalue weighted by Gasteiger charge is -2.06. The van der Waals surface area contributed by atoms with E-state index in [-0.39, 0.29) is 12.4 Å². The number of nitrogens with zero attached hydrogens (tertiary/aromatic N) is 2. The van der Waals surface area contributed by atoms with Gasteiger partial charge in [-0.3, -0.25) is 4.68 Å². The fourth-order valence-corrected chi connectivity index (χ4v) is 2.63. The molecule has 0 aliphatic carbocycles. The third kappa shape index (κ3) is 4.39. The number of hydrogen-bond acceptors (Lipinski definition) is 3. The molecule has 2 aromatic rings. The number of aromatic nitrogens is 2.